The van der Waals surface area contributed by atoms with Gasteiger partial charge in [0, 0.05) is 6.04 Å². The number of nitrogens with one attached hydrogen (secondary N) is 1. The fraction of sp³-hybridized carbons (Fsp3) is 0.611. The van der Waals surface area contributed by atoms with Crippen LogP contribution < -0.4 is 5.32 Å². The molecule has 2 aliphatic rings. The summed E-state index contributed by atoms with van der Waals surface area (Å²) in [4.78, 5) is 14.5. The Balaban J connectivity index is 1.61. The molecule has 0 bridgehead atoms. The van der Waals surface area contributed by atoms with E-state index in [1.165, 1.54) is 24.0 Å². The van der Waals surface area contributed by atoms with E-state index in [0.29, 0.717) is 12.5 Å². The zero-order valence-corrected chi connectivity index (χ0v) is 13.3. The quantitative estimate of drug-likeness (QED) is 0.845. The average Bonchev–Trinajstić information content (AvgIpc) is 3.26. The Bertz CT molecular complexity index is 510. The Morgan fingerprint density at radius 3 is 2.68 bits per heavy atom. The molecule has 1 aliphatic heterocycles. The molecule has 2 fully saturated rings. The van der Waals surface area contributed by atoms with Gasteiger partial charge in [-0.25, -0.2) is 0 Å². The number of aliphatic hydroxyl groups is 1. The first-order valence-corrected chi connectivity index (χ1v) is 8.38. The van der Waals surface area contributed by atoms with Gasteiger partial charge in [-0.3, -0.25) is 9.69 Å². The number of hydrogen-bond donors (Lipinski definition) is 2. The van der Waals surface area contributed by atoms with Gasteiger partial charge < -0.3 is 10.4 Å². The predicted molar refractivity (Wildman–Crippen MR) is 86.5 cm³/mol. The van der Waals surface area contributed by atoms with Gasteiger partial charge in [0.2, 0.25) is 5.91 Å². The van der Waals surface area contributed by atoms with Crippen LogP contribution in [0.15, 0.2) is 24.3 Å². The zero-order valence-electron chi connectivity index (χ0n) is 13.3. The molecule has 0 radical (unpaired) electrons. The molecule has 2 N–H and O–H groups in total. The van der Waals surface area contributed by atoms with Crippen LogP contribution in [0.1, 0.15) is 42.9 Å². The minimum atomic E-state index is 0.0813. The molecule has 1 aromatic carbocycles. The fourth-order valence-electron chi connectivity index (χ4n) is 3.39. The third-order valence-electron chi connectivity index (χ3n) is 4.90. The van der Waals surface area contributed by atoms with Gasteiger partial charge >= 0.3 is 0 Å². The van der Waals surface area contributed by atoms with Crippen molar-refractivity contribution in [3.8, 4) is 0 Å². The molecule has 1 aromatic rings. The van der Waals surface area contributed by atoms with Crippen molar-refractivity contribution in [2.45, 2.75) is 44.7 Å². The van der Waals surface area contributed by atoms with E-state index >= 15 is 0 Å². The van der Waals surface area contributed by atoms with Gasteiger partial charge in [-0.05, 0) is 50.6 Å². The van der Waals surface area contributed by atoms with Crippen LogP contribution in [0.3, 0.4) is 0 Å². The Hall–Kier alpha value is -1.39. The van der Waals surface area contributed by atoms with Crippen LogP contribution in [-0.4, -0.2) is 41.7 Å². The van der Waals surface area contributed by atoms with E-state index in [-0.39, 0.29) is 24.6 Å². The maximum atomic E-state index is 12.4. The molecule has 4 nitrogen and oxygen atoms in total. The number of rotatable bonds is 6. The van der Waals surface area contributed by atoms with Gasteiger partial charge in [0.15, 0.2) is 0 Å². The Labute approximate surface area is 132 Å². The van der Waals surface area contributed by atoms with E-state index in [1.807, 2.05) is 0 Å². The van der Waals surface area contributed by atoms with Crippen molar-refractivity contribution < 1.29 is 9.90 Å². The van der Waals surface area contributed by atoms with Crippen LogP contribution in [0.2, 0.25) is 0 Å². The molecule has 1 amide bonds. The van der Waals surface area contributed by atoms with E-state index in [4.69, 9.17) is 0 Å². The summed E-state index contributed by atoms with van der Waals surface area (Å²) < 4.78 is 0. The monoisotopic (exact) mass is 302 g/mol. The van der Waals surface area contributed by atoms with Gasteiger partial charge in [-0.2, -0.15) is 0 Å². The van der Waals surface area contributed by atoms with Crippen molar-refractivity contribution in [1.29, 1.82) is 0 Å². The number of benzene rings is 1. The third-order valence-corrected chi connectivity index (χ3v) is 4.90. The molecule has 1 heterocycles. The van der Waals surface area contributed by atoms with E-state index < -0.39 is 0 Å². The van der Waals surface area contributed by atoms with Crippen molar-refractivity contribution in [1.82, 2.24) is 10.2 Å². The summed E-state index contributed by atoms with van der Waals surface area (Å²) >= 11 is 0. The van der Waals surface area contributed by atoms with Gasteiger partial charge in [-0.15, -0.1) is 0 Å². The van der Waals surface area contributed by atoms with E-state index in [2.05, 4.69) is 41.4 Å². The van der Waals surface area contributed by atoms with Crippen molar-refractivity contribution in [3.05, 3.63) is 35.4 Å². The maximum absolute atomic E-state index is 12.4. The lowest BCUT2D eigenvalue weighted by Gasteiger charge is -2.24. The van der Waals surface area contributed by atoms with Crippen LogP contribution in [-0.2, 0) is 4.79 Å². The second kappa shape index (κ2) is 6.80. The highest BCUT2D eigenvalue weighted by atomic mass is 16.3. The molecule has 22 heavy (non-hydrogen) atoms. The van der Waals surface area contributed by atoms with E-state index in [0.717, 1.165) is 19.4 Å². The summed E-state index contributed by atoms with van der Waals surface area (Å²) in [5.41, 5.74) is 2.45. The molecule has 3 rings (SSSR count). The summed E-state index contributed by atoms with van der Waals surface area (Å²) in [5, 5.41) is 12.6. The van der Waals surface area contributed by atoms with E-state index in [1.54, 1.807) is 0 Å². The van der Waals surface area contributed by atoms with Crippen molar-refractivity contribution in [2.75, 3.05) is 19.7 Å². The van der Waals surface area contributed by atoms with Gasteiger partial charge in [0.1, 0.15) is 0 Å². The highest BCUT2D eigenvalue weighted by molar-refractivity contribution is 5.78. The Morgan fingerprint density at radius 2 is 2.05 bits per heavy atom. The highest BCUT2D eigenvalue weighted by Crippen LogP contribution is 2.41. The van der Waals surface area contributed by atoms with Crippen LogP contribution in [0.25, 0.3) is 0 Å². The smallest absolute Gasteiger partial charge is 0.234 e. The SMILES string of the molecule is Cc1ccc([C@@H](NC(=O)CN2CCC[C@H]2CO)C2CC2)cc1. The summed E-state index contributed by atoms with van der Waals surface area (Å²) in [7, 11) is 0. The first-order chi connectivity index (χ1) is 10.7. The third kappa shape index (κ3) is 3.68. The summed E-state index contributed by atoms with van der Waals surface area (Å²) in [6.07, 6.45) is 4.46. The summed E-state index contributed by atoms with van der Waals surface area (Å²) in [5.74, 6) is 0.664. The standard InChI is InChI=1S/C18H26N2O2/c1-13-4-6-14(7-5-13)18(15-8-9-15)19-17(22)11-20-10-2-3-16(20)12-21/h4-7,15-16,18,21H,2-3,8-12H2,1H3,(H,19,22)/t16-,18+/m0/s1. The van der Waals surface area contributed by atoms with Crippen molar-refractivity contribution >= 4 is 5.91 Å². The van der Waals surface area contributed by atoms with Crippen LogP contribution in [0, 0.1) is 12.8 Å². The molecule has 0 spiro atoms. The lowest BCUT2D eigenvalue weighted by atomic mass is 10.0. The maximum Gasteiger partial charge on any atom is 0.234 e. The van der Waals surface area contributed by atoms with Gasteiger partial charge in [-0.1, -0.05) is 29.8 Å². The summed E-state index contributed by atoms with van der Waals surface area (Å²) in [6, 6.07) is 8.78. The molecule has 2 atom stereocenters. The molecule has 1 saturated carbocycles. The second-order valence-corrected chi connectivity index (χ2v) is 6.74. The number of carbonyl (C=O) groups is 1. The van der Waals surface area contributed by atoms with Crippen LogP contribution >= 0.6 is 0 Å². The van der Waals surface area contributed by atoms with Crippen molar-refractivity contribution in [3.63, 3.8) is 0 Å². The zero-order chi connectivity index (χ0) is 15.5. The lowest BCUT2D eigenvalue weighted by Crippen LogP contribution is -2.42. The largest absolute Gasteiger partial charge is 0.395 e. The average molecular weight is 302 g/mol. The highest BCUT2D eigenvalue weighted by Gasteiger charge is 2.34. The molecule has 4 heteroatoms. The normalized spacial score (nSPS) is 23.5. The molecular weight excluding hydrogens is 276 g/mol. The predicted octanol–water partition coefficient (Wildman–Crippen LogP) is 2.02. The van der Waals surface area contributed by atoms with Crippen LogP contribution in [0.5, 0.6) is 0 Å². The number of hydrogen-bond acceptors (Lipinski definition) is 3. The number of carbonyl (C=O) groups excluding carboxylic acids is 1. The number of amides is 1. The lowest BCUT2D eigenvalue weighted by molar-refractivity contribution is -0.123. The summed E-state index contributed by atoms with van der Waals surface area (Å²) in [6.45, 7) is 3.55. The second-order valence-electron chi connectivity index (χ2n) is 6.74. The molecule has 1 aliphatic carbocycles. The van der Waals surface area contributed by atoms with Gasteiger partial charge in [0.25, 0.3) is 0 Å². The molecule has 0 unspecified atom stereocenters. The first-order valence-electron chi connectivity index (χ1n) is 8.38. The van der Waals surface area contributed by atoms with E-state index in [9.17, 15) is 9.90 Å². The first kappa shape index (κ1) is 15.5. The minimum absolute atomic E-state index is 0.0813. The Morgan fingerprint density at radius 1 is 1.32 bits per heavy atom. The number of likely N-dealkylation sites (tertiary alicyclic amines) is 1. The number of aryl methyl sites for hydroxylation is 1. The van der Waals surface area contributed by atoms with Crippen molar-refractivity contribution in [2.24, 2.45) is 5.92 Å². The topological polar surface area (TPSA) is 52.6 Å². The fourth-order valence-corrected chi connectivity index (χ4v) is 3.39. The number of nitrogens with zero attached hydrogens (tertiary/aromatic N) is 1. The van der Waals surface area contributed by atoms with Gasteiger partial charge in [0.05, 0.1) is 19.2 Å². The molecule has 0 aromatic heterocycles. The molecule has 1 saturated heterocycles. The number of aliphatic hydroxyl groups excluding tert-OH is 1. The Kier molecular flexibility index (Phi) is 4.79. The molecular formula is C18H26N2O2. The van der Waals surface area contributed by atoms with Crippen LogP contribution in [0.4, 0.5) is 0 Å². The molecule has 120 valence electrons. The minimum Gasteiger partial charge on any atom is -0.395 e.